The molecule has 4 N–H and O–H groups in total. The number of anilines is 10. The molecule has 0 spiro atoms. The van der Waals surface area contributed by atoms with E-state index in [0.29, 0.717) is 67.6 Å². The molecular weight excluding hydrogens is 1510 g/mol. The van der Waals surface area contributed by atoms with Crippen LogP contribution in [-0.4, -0.2) is 223 Å². The van der Waals surface area contributed by atoms with Crippen LogP contribution in [0.1, 0.15) is 95.4 Å². The summed E-state index contributed by atoms with van der Waals surface area (Å²) in [5.41, 5.74) is 11.2. The number of piperazine rings is 2. The molecular formula is C78H114BBrCl2N18O6P2. The van der Waals surface area contributed by atoms with E-state index in [1.807, 2.05) is 77.9 Å². The highest BCUT2D eigenvalue weighted by Crippen LogP contribution is 2.45. The van der Waals surface area contributed by atoms with Gasteiger partial charge in [-0.05, 0) is 195 Å². The molecule has 9 heterocycles. The summed E-state index contributed by atoms with van der Waals surface area (Å²) in [6.07, 6.45) is 16.1. The number of nitrogens with zero attached hydrogens (tertiary/aromatic N) is 14. The fraction of sp³-hybridized carbons (Fsp3) is 0.487. The molecule has 24 nitrogen and oxygen atoms in total. The SMILES string of the molecule is CCc1cc(Nc2ncc(Cl)c(Nc3ccc(-c4cncnc4C)cc3P(C)(C)=O)n2)c(OC)cc1N1CCC(N2CCN(C)CC2)CC1.CCc1cc(Nc2ncc(Cl)c(Nc3ccc(B4OC(C)(C)C(C)(C)O4)cc3P(C)(C)=O)n2)c(OC)cc1N1CCC(N2CCN(C)CC2)CC1.Cc1ncncc1Br.[HH].[HH].[HH].[HH]. The van der Waals surface area contributed by atoms with Gasteiger partial charge in [0.1, 0.15) is 48.5 Å². The van der Waals surface area contributed by atoms with Crippen molar-refractivity contribution in [1.82, 2.24) is 59.5 Å². The Hall–Kier alpha value is -7.06. The number of hydrogen-bond acceptors (Lipinski definition) is 24. The number of nitrogens with one attached hydrogen (secondary N) is 4. The predicted octanol–water partition coefficient (Wildman–Crippen LogP) is 14.9. The van der Waals surface area contributed by atoms with Crippen molar-refractivity contribution >= 4 is 134 Å². The van der Waals surface area contributed by atoms with E-state index in [1.165, 1.54) is 48.0 Å². The van der Waals surface area contributed by atoms with Crippen LogP contribution in [0.25, 0.3) is 11.1 Å². The minimum absolute atomic E-state index is 0. The number of likely N-dealkylation sites (N-methyl/N-ethyl adjacent to an activating group) is 2. The molecule has 8 aromatic rings. The lowest BCUT2D eigenvalue weighted by atomic mass is 9.79. The average molecular weight is 1620 g/mol. The van der Waals surface area contributed by atoms with Crippen LogP contribution < -0.4 is 56.6 Å². The van der Waals surface area contributed by atoms with E-state index < -0.39 is 32.6 Å². The van der Waals surface area contributed by atoms with E-state index in [0.717, 1.165) is 160 Å². The smallest absolute Gasteiger partial charge is 0.494 e. The van der Waals surface area contributed by atoms with Crippen molar-refractivity contribution in [2.75, 3.05) is 165 Å². The fourth-order valence-electron chi connectivity index (χ4n) is 14.3. The van der Waals surface area contributed by atoms with Crippen LogP contribution in [0.2, 0.25) is 10.0 Å². The number of hydrogen-bond donors (Lipinski definition) is 4. The zero-order chi connectivity index (χ0) is 77.4. The van der Waals surface area contributed by atoms with Crippen LogP contribution in [-0.2, 0) is 31.3 Å². The van der Waals surface area contributed by atoms with Gasteiger partial charge in [0.15, 0.2) is 11.6 Å². The van der Waals surface area contributed by atoms with Crippen LogP contribution in [0, 0.1) is 13.8 Å². The van der Waals surface area contributed by atoms with Crippen LogP contribution in [0.3, 0.4) is 0 Å². The molecule has 5 fully saturated rings. The zero-order valence-electron chi connectivity index (χ0n) is 65.4. The molecule has 5 saturated heterocycles. The highest BCUT2D eigenvalue weighted by atomic mass is 79.9. The number of ether oxygens (including phenoxy) is 2. The van der Waals surface area contributed by atoms with Gasteiger partial charge in [-0.15, -0.1) is 0 Å². The third kappa shape index (κ3) is 20.0. The van der Waals surface area contributed by atoms with Crippen molar-refractivity contribution in [2.24, 2.45) is 0 Å². The van der Waals surface area contributed by atoms with Crippen molar-refractivity contribution in [3.05, 3.63) is 135 Å². The molecule has 0 atom stereocenters. The Kier molecular flexibility index (Phi) is 27.0. The minimum Gasteiger partial charge on any atom is -0.494 e. The molecule has 0 bridgehead atoms. The Morgan fingerprint density at radius 3 is 1.38 bits per heavy atom. The number of aromatic nitrogens is 8. The summed E-state index contributed by atoms with van der Waals surface area (Å²) in [5.74, 6) is 2.94. The number of methoxy groups -OCH3 is 2. The highest BCUT2D eigenvalue weighted by molar-refractivity contribution is 9.10. The first kappa shape index (κ1) is 81.9. The number of aryl methyl sites for hydroxylation is 4. The standard InChI is InChI=1S/C37H54BClN7O4P.C36H47ClN9O2P.C5H5BrN2.4H2/c1-10-25-21-30(32(48-7)23-31(25)46-15-13-27(14-16-46)45-19-17-44(6)18-20-45)42-35-40-24-28(39)34(43-35)41-29-12-11-26(22-33(29)51(8,9)47)38-49-36(2,3)37(4,5)50-38;1-7-25-18-31(33(48-4)20-32(25)46-12-10-27(11-13-46)45-16-14-44(3)15-17-45)42-36-39-22-29(37)35(43-36)41-30-9-8-26(19-34(30)49(5,6)47)28-21-38-23-40-24(28)2;1-4-5(6)2-7-3-8-4;;;;/h11-12,21-24,27H,10,13-20H2,1-9H3,(H2,40,41,42,43);8-9,18-23,27H,7,10-17H2,1-6H3,(H2,39,41,42,43);2-3H,1H3;4*1H. The first-order valence-electron chi connectivity index (χ1n) is 37.3. The molecule has 4 aromatic heterocycles. The second kappa shape index (κ2) is 35.5. The Bertz CT molecular complexity index is 4540. The molecule has 13 rings (SSSR count). The summed E-state index contributed by atoms with van der Waals surface area (Å²) >= 11 is 16.5. The first-order chi connectivity index (χ1) is 51.4. The molecule has 0 aliphatic carbocycles. The maximum Gasteiger partial charge on any atom is 0.494 e. The topological polar surface area (TPSA) is 242 Å². The molecule has 4 aromatic carbocycles. The quantitative estimate of drug-likeness (QED) is 0.0409. The van der Waals surface area contributed by atoms with Crippen LogP contribution in [0.4, 0.5) is 57.7 Å². The Labute approximate surface area is 663 Å². The minimum atomic E-state index is -2.76. The van der Waals surface area contributed by atoms with E-state index in [-0.39, 0.29) is 5.71 Å². The van der Waals surface area contributed by atoms with Gasteiger partial charge < -0.3 is 68.8 Å². The molecule has 108 heavy (non-hydrogen) atoms. The number of benzene rings is 4. The van der Waals surface area contributed by atoms with Gasteiger partial charge >= 0.3 is 7.12 Å². The third-order valence-electron chi connectivity index (χ3n) is 21.5. The van der Waals surface area contributed by atoms with Crippen molar-refractivity contribution in [3.8, 4) is 22.6 Å². The van der Waals surface area contributed by atoms with Gasteiger partial charge in [-0.25, -0.2) is 29.9 Å². The summed E-state index contributed by atoms with van der Waals surface area (Å²) in [6, 6.07) is 21.3. The molecule has 0 radical (unpaired) electrons. The fourth-order valence-corrected chi connectivity index (χ4v) is 17.1. The normalized spacial score (nSPS) is 17.7. The summed E-state index contributed by atoms with van der Waals surface area (Å²) in [7, 11) is 1.75. The van der Waals surface area contributed by atoms with Gasteiger partial charge in [-0.2, -0.15) is 9.97 Å². The van der Waals surface area contributed by atoms with Gasteiger partial charge in [-0.1, -0.05) is 49.2 Å². The molecule has 5 aliphatic rings. The summed E-state index contributed by atoms with van der Waals surface area (Å²) < 4.78 is 52.4. The second-order valence-electron chi connectivity index (χ2n) is 30.2. The van der Waals surface area contributed by atoms with E-state index in [4.69, 9.17) is 52.0 Å². The van der Waals surface area contributed by atoms with Crippen molar-refractivity contribution in [2.45, 2.75) is 117 Å². The van der Waals surface area contributed by atoms with Crippen LogP contribution >= 0.6 is 53.4 Å². The molecule has 586 valence electrons. The monoisotopic (exact) mass is 1620 g/mol. The maximum atomic E-state index is 13.6. The van der Waals surface area contributed by atoms with Crippen molar-refractivity contribution in [3.63, 3.8) is 0 Å². The lowest BCUT2D eigenvalue weighted by Crippen LogP contribution is -2.52. The number of piperidine rings is 2. The zero-order valence-corrected chi connectivity index (χ0v) is 70.3. The van der Waals surface area contributed by atoms with Gasteiger partial charge in [0.25, 0.3) is 0 Å². The molecule has 0 unspecified atom stereocenters. The van der Waals surface area contributed by atoms with Gasteiger partial charge in [-0.3, -0.25) is 9.80 Å². The van der Waals surface area contributed by atoms with Gasteiger partial charge in [0.05, 0.1) is 70.7 Å². The van der Waals surface area contributed by atoms with Crippen LogP contribution in [0.5, 0.6) is 11.5 Å². The number of rotatable bonds is 20. The third-order valence-corrected chi connectivity index (χ3v) is 25.9. The second-order valence-corrected chi connectivity index (χ2v) is 38.3. The van der Waals surface area contributed by atoms with Gasteiger partial charge in [0.2, 0.25) is 11.9 Å². The molecule has 5 aliphatic heterocycles. The van der Waals surface area contributed by atoms with E-state index in [2.05, 4.69) is 149 Å². The molecule has 30 heteroatoms. The summed E-state index contributed by atoms with van der Waals surface area (Å²) in [6.45, 7) is 36.6. The highest BCUT2D eigenvalue weighted by Gasteiger charge is 2.52. The van der Waals surface area contributed by atoms with Gasteiger partial charge in [0, 0.05) is 154 Å². The summed E-state index contributed by atoms with van der Waals surface area (Å²) in [5, 5.41) is 15.4. The van der Waals surface area contributed by atoms with Crippen molar-refractivity contribution in [1.29, 1.82) is 0 Å². The lowest BCUT2D eigenvalue weighted by Gasteiger charge is -2.43. The van der Waals surface area contributed by atoms with Crippen LogP contribution in [0.15, 0.2) is 103 Å². The Balaban J connectivity index is 0.000000273. The molecule has 0 amide bonds. The molecule has 0 saturated carbocycles. The van der Waals surface area contributed by atoms with E-state index in [9.17, 15) is 9.13 Å². The van der Waals surface area contributed by atoms with E-state index >= 15 is 0 Å². The lowest BCUT2D eigenvalue weighted by molar-refractivity contribution is 0.00578. The number of halogens is 3. The average Bonchev–Trinajstić information content (AvgIpc) is 1.63. The van der Waals surface area contributed by atoms with Crippen molar-refractivity contribution < 1.29 is 33.6 Å². The first-order valence-corrected chi connectivity index (χ1v) is 44.0. The maximum absolute atomic E-state index is 13.6. The Morgan fingerprint density at radius 2 is 0.981 bits per heavy atom. The van der Waals surface area contributed by atoms with E-state index in [1.54, 1.807) is 65.7 Å². The largest absolute Gasteiger partial charge is 0.494 e. The summed E-state index contributed by atoms with van der Waals surface area (Å²) in [4.78, 5) is 49.9. The predicted molar refractivity (Wildman–Crippen MR) is 456 cm³/mol. The Morgan fingerprint density at radius 1 is 0.556 bits per heavy atom.